The van der Waals surface area contributed by atoms with Gasteiger partial charge in [-0.25, -0.2) is 4.98 Å². The summed E-state index contributed by atoms with van der Waals surface area (Å²) in [5.41, 5.74) is -0.615. The summed E-state index contributed by atoms with van der Waals surface area (Å²) < 4.78 is 40.5. The number of carbonyl (C=O) groups is 1. The SMILES string of the molecule is Cc1cc(C(=O)N2CCC(Cn3cnc(C(F)(F)F)cc3=O)CC2)n(C)n1. The number of amides is 1. The van der Waals surface area contributed by atoms with Gasteiger partial charge in [-0.2, -0.15) is 18.3 Å². The fourth-order valence-corrected chi connectivity index (χ4v) is 3.29. The summed E-state index contributed by atoms with van der Waals surface area (Å²) in [7, 11) is 1.72. The molecule has 1 aliphatic rings. The van der Waals surface area contributed by atoms with Gasteiger partial charge in [-0.05, 0) is 31.7 Å². The number of hydrogen-bond donors (Lipinski definition) is 0. The maximum absolute atomic E-state index is 12.6. The lowest BCUT2D eigenvalue weighted by molar-refractivity contribution is -0.141. The fraction of sp³-hybridized carbons (Fsp3) is 0.529. The Morgan fingerprint density at radius 2 is 1.93 bits per heavy atom. The number of likely N-dealkylation sites (tertiary alicyclic amines) is 1. The average molecular weight is 383 g/mol. The summed E-state index contributed by atoms with van der Waals surface area (Å²) in [5.74, 6) is 0.00322. The van der Waals surface area contributed by atoms with Gasteiger partial charge in [0.25, 0.3) is 11.5 Å². The molecular weight excluding hydrogens is 363 g/mol. The lowest BCUT2D eigenvalue weighted by Gasteiger charge is -2.32. The standard InChI is InChI=1S/C17H20F3N5O2/c1-11-7-13(23(2)22-11)16(27)24-5-3-12(4-6-24)9-25-10-21-14(8-15(25)26)17(18,19)20/h7-8,10,12H,3-6,9H2,1-2H3. The Hall–Kier alpha value is -2.65. The van der Waals surface area contributed by atoms with Crippen molar-refractivity contribution in [2.24, 2.45) is 13.0 Å². The van der Waals surface area contributed by atoms with E-state index >= 15 is 0 Å². The van der Waals surface area contributed by atoms with Gasteiger partial charge in [-0.3, -0.25) is 18.8 Å². The maximum atomic E-state index is 12.6. The molecule has 0 N–H and O–H groups in total. The second-order valence-electron chi connectivity index (χ2n) is 6.79. The highest BCUT2D eigenvalue weighted by Crippen LogP contribution is 2.26. The van der Waals surface area contributed by atoms with Crippen LogP contribution < -0.4 is 5.56 Å². The molecule has 0 saturated carbocycles. The fourth-order valence-electron chi connectivity index (χ4n) is 3.29. The average Bonchev–Trinajstić information content (AvgIpc) is 2.94. The van der Waals surface area contributed by atoms with Gasteiger partial charge >= 0.3 is 6.18 Å². The number of carbonyl (C=O) groups excluding carboxylic acids is 1. The Kier molecular flexibility index (Phi) is 5.07. The molecule has 0 unspecified atom stereocenters. The summed E-state index contributed by atoms with van der Waals surface area (Å²) in [6.07, 6.45) is -2.36. The molecule has 0 aromatic carbocycles. The van der Waals surface area contributed by atoms with E-state index in [1.54, 1.807) is 22.7 Å². The van der Waals surface area contributed by atoms with Gasteiger partial charge in [0.05, 0.1) is 12.0 Å². The highest BCUT2D eigenvalue weighted by Gasteiger charge is 2.33. The molecule has 0 atom stereocenters. The third-order valence-corrected chi connectivity index (χ3v) is 4.75. The first kappa shape index (κ1) is 19.1. The zero-order chi connectivity index (χ0) is 19.8. The van der Waals surface area contributed by atoms with Crippen molar-refractivity contribution in [3.63, 3.8) is 0 Å². The second kappa shape index (κ2) is 7.16. The van der Waals surface area contributed by atoms with Crippen LogP contribution in [0.5, 0.6) is 0 Å². The largest absolute Gasteiger partial charge is 0.433 e. The van der Waals surface area contributed by atoms with E-state index in [2.05, 4.69) is 10.1 Å². The van der Waals surface area contributed by atoms with Crippen LogP contribution in [0.1, 0.15) is 34.7 Å². The molecule has 1 saturated heterocycles. The van der Waals surface area contributed by atoms with Gasteiger partial charge in [-0.1, -0.05) is 0 Å². The third-order valence-electron chi connectivity index (χ3n) is 4.75. The molecule has 1 fully saturated rings. The normalized spacial score (nSPS) is 16.0. The van der Waals surface area contributed by atoms with Gasteiger partial charge in [0.15, 0.2) is 5.69 Å². The molecule has 1 amide bonds. The highest BCUT2D eigenvalue weighted by atomic mass is 19.4. The molecule has 146 valence electrons. The van der Waals surface area contributed by atoms with Crippen molar-refractivity contribution in [2.45, 2.75) is 32.5 Å². The quantitative estimate of drug-likeness (QED) is 0.811. The molecule has 2 aromatic rings. The molecule has 3 heterocycles. The van der Waals surface area contributed by atoms with E-state index < -0.39 is 17.4 Å². The van der Waals surface area contributed by atoms with Crippen molar-refractivity contribution in [1.82, 2.24) is 24.2 Å². The Bertz CT molecular complexity index is 895. The number of piperidine rings is 1. The van der Waals surface area contributed by atoms with Crippen LogP contribution in [-0.2, 0) is 19.8 Å². The summed E-state index contributed by atoms with van der Waals surface area (Å²) in [6, 6.07) is 2.26. The number of aromatic nitrogens is 4. The molecular formula is C17H20F3N5O2. The molecule has 2 aromatic heterocycles. The van der Waals surface area contributed by atoms with E-state index in [1.165, 1.54) is 4.57 Å². The Balaban J connectivity index is 1.61. The topological polar surface area (TPSA) is 73.0 Å². The van der Waals surface area contributed by atoms with Crippen molar-refractivity contribution in [3.05, 3.63) is 45.9 Å². The highest BCUT2D eigenvalue weighted by molar-refractivity contribution is 5.92. The summed E-state index contributed by atoms with van der Waals surface area (Å²) in [4.78, 5) is 29.6. The zero-order valence-corrected chi connectivity index (χ0v) is 15.0. The van der Waals surface area contributed by atoms with E-state index in [0.29, 0.717) is 37.7 Å². The molecule has 10 heteroatoms. The summed E-state index contributed by atoms with van der Waals surface area (Å²) >= 11 is 0. The minimum absolute atomic E-state index is 0.0927. The van der Waals surface area contributed by atoms with Gasteiger partial charge in [0.2, 0.25) is 0 Å². The minimum atomic E-state index is -4.63. The van der Waals surface area contributed by atoms with E-state index in [9.17, 15) is 22.8 Å². The van der Waals surface area contributed by atoms with E-state index in [4.69, 9.17) is 0 Å². The van der Waals surface area contributed by atoms with Gasteiger partial charge in [0, 0.05) is 32.7 Å². The van der Waals surface area contributed by atoms with Crippen LogP contribution >= 0.6 is 0 Å². The number of rotatable bonds is 3. The number of nitrogens with zero attached hydrogens (tertiary/aromatic N) is 5. The van der Waals surface area contributed by atoms with Gasteiger partial charge in [-0.15, -0.1) is 0 Å². The van der Waals surface area contributed by atoms with Crippen molar-refractivity contribution in [2.75, 3.05) is 13.1 Å². The predicted molar refractivity (Wildman–Crippen MR) is 90.1 cm³/mol. The predicted octanol–water partition coefficient (Wildman–Crippen LogP) is 1.86. The van der Waals surface area contributed by atoms with Crippen LogP contribution in [0.15, 0.2) is 23.3 Å². The van der Waals surface area contributed by atoms with Gasteiger partial charge < -0.3 is 4.90 Å². The van der Waals surface area contributed by atoms with E-state index in [-0.39, 0.29) is 18.4 Å². The number of aryl methyl sites for hydroxylation is 2. The van der Waals surface area contributed by atoms with Gasteiger partial charge in [0.1, 0.15) is 5.69 Å². The first-order chi connectivity index (χ1) is 12.6. The number of alkyl halides is 3. The zero-order valence-electron chi connectivity index (χ0n) is 15.0. The van der Waals surface area contributed by atoms with Crippen LogP contribution in [0.4, 0.5) is 13.2 Å². The van der Waals surface area contributed by atoms with Crippen LogP contribution in [-0.4, -0.2) is 43.2 Å². The van der Waals surface area contributed by atoms with Crippen molar-refractivity contribution < 1.29 is 18.0 Å². The Labute approximate surface area is 153 Å². The van der Waals surface area contributed by atoms with Crippen molar-refractivity contribution in [3.8, 4) is 0 Å². The first-order valence-corrected chi connectivity index (χ1v) is 8.58. The summed E-state index contributed by atoms with van der Waals surface area (Å²) in [6.45, 7) is 3.16. The monoisotopic (exact) mass is 383 g/mol. The van der Waals surface area contributed by atoms with Crippen LogP contribution in [0.3, 0.4) is 0 Å². The molecule has 27 heavy (non-hydrogen) atoms. The number of halogens is 3. The minimum Gasteiger partial charge on any atom is -0.337 e. The summed E-state index contributed by atoms with van der Waals surface area (Å²) in [5, 5.41) is 4.18. The smallest absolute Gasteiger partial charge is 0.337 e. The third kappa shape index (κ3) is 4.20. The van der Waals surface area contributed by atoms with E-state index in [1.807, 2.05) is 6.92 Å². The molecule has 7 nitrogen and oxygen atoms in total. The Morgan fingerprint density at radius 1 is 1.26 bits per heavy atom. The van der Waals surface area contributed by atoms with Crippen LogP contribution in [0.2, 0.25) is 0 Å². The second-order valence-corrected chi connectivity index (χ2v) is 6.79. The molecule has 0 spiro atoms. The molecule has 1 aliphatic heterocycles. The Morgan fingerprint density at radius 3 is 2.44 bits per heavy atom. The maximum Gasteiger partial charge on any atom is 0.433 e. The first-order valence-electron chi connectivity index (χ1n) is 8.58. The van der Waals surface area contributed by atoms with Crippen LogP contribution in [0.25, 0.3) is 0 Å². The lowest BCUT2D eigenvalue weighted by atomic mass is 9.96. The van der Waals surface area contributed by atoms with Crippen molar-refractivity contribution in [1.29, 1.82) is 0 Å². The van der Waals surface area contributed by atoms with E-state index in [0.717, 1.165) is 12.0 Å². The van der Waals surface area contributed by atoms with Crippen molar-refractivity contribution >= 4 is 5.91 Å². The lowest BCUT2D eigenvalue weighted by Crippen LogP contribution is -2.40. The molecule has 0 aliphatic carbocycles. The van der Waals surface area contributed by atoms with Crippen LogP contribution in [0, 0.1) is 12.8 Å². The molecule has 0 bridgehead atoms. The number of hydrogen-bond acceptors (Lipinski definition) is 4. The molecule has 0 radical (unpaired) electrons. The molecule has 3 rings (SSSR count).